The van der Waals surface area contributed by atoms with Gasteiger partial charge in [0.05, 0.1) is 17.8 Å². The number of benzene rings is 3. The monoisotopic (exact) mass is 410 g/mol. The second-order valence-corrected chi connectivity index (χ2v) is 7.07. The Hall–Kier alpha value is -4.19. The molecular formula is C25H22N4O2. The van der Waals surface area contributed by atoms with E-state index < -0.39 is 5.92 Å². The van der Waals surface area contributed by atoms with Crippen molar-refractivity contribution in [2.75, 3.05) is 5.32 Å². The van der Waals surface area contributed by atoms with Crippen LogP contribution in [-0.2, 0) is 11.3 Å². The summed E-state index contributed by atoms with van der Waals surface area (Å²) in [5.74, 6) is -1.10. The van der Waals surface area contributed by atoms with Crippen LogP contribution < -0.4 is 10.6 Å². The molecule has 154 valence electrons. The van der Waals surface area contributed by atoms with Crippen LogP contribution in [0.25, 0.3) is 0 Å². The summed E-state index contributed by atoms with van der Waals surface area (Å²) in [6.07, 6.45) is 1.45. The molecule has 0 fully saturated rings. The van der Waals surface area contributed by atoms with Crippen molar-refractivity contribution in [3.63, 3.8) is 0 Å². The molecule has 0 atom stereocenters. The quantitative estimate of drug-likeness (QED) is 0.428. The number of amides is 2. The Morgan fingerprint density at radius 3 is 1.94 bits per heavy atom. The largest absolute Gasteiger partial charge is 0.347 e. The van der Waals surface area contributed by atoms with E-state index in [1.807, 2.05) is 91.0 Å². The number of hydrogen-bond donors (Lipinski definition) is 3. The fourth-order valence-electron chi connectivity index (χ4n) is 3.41. The van der Waals surface area contributed by atoms with Crippen molar-refractivity contribution < 1.29 is 9.59 Å². The minimum absolute atomic E-state index is 0.212. The first-order valence-corrected chi connectivity index (χ1v) is 9.98. The van der Waals surface area contributed by atoms with Crippen LogP contribution in [0, 0.1) is 0 Å². The molecule has 0 saturated carbocycles. The summed E-state index contributed by atoms with van der Waals surface area (Å²) in [5, 5.41) is 12.4. The lowest BCUT2D eigenvalue weighted by Gasteiger charge is -2.18. The standard InChI is InChI=1S/C25H22N4O2/c30-24(22(19-12-6-2-7-13-19)20-14-8-3-9-15-20)28-21-17-27-29-23(21)25(31)26-16-18-10-4-1-5-11-18/h1-15,17,22H,16H2,(H,26,31)(H,27,29)(H,28,30). The van der Waals surface area contributed by atoms with Gasteiger partial charge in [-0.15, -0.1) is 0 Å². The lowest BCUT2D eigenvalue weighted by molar-refractivity contribution is -0.116. The van der Waals surface area contributed by atoms with Crippen molar-refractivity contribution in [2.45, 2.75) is 12.5 Å². The van der Waals surface area contributed by atoms with E-state index in [4.69, 9.17) is 0 Å². The molecule has 6 heteroatoms. The van der Waals surface area contributed by atoms with Crippen LogP contribution in [0.4, 0.5) is 5.69 Å². The van der Waals surface area contributed by atoms with Crippen molar-refractivity contribution >= 4 is 17.5 Å². The van der Waals surface area contributed by atoms with Gasteiger partial charge in [-0.2, -0.15) is 5.10 Å². The average Bonchev–Trinajstić information content (AvgIpc) is 3.28. The van der Waals surface area contributed by atoms with Crippen molar-refractivity contribution in [3.05, 3.63) is 120 Å². The zero-order chi connectivity index (χ0) is 21.5. The number of anilines is 1. The molecule has 4 aromatic rings. The first-order valence-electron chi connectivity index (χ1n) is 9.98. The van der Waals surface area contributed by atoms with E-state index in [1.165, 1.54) is 6.20 Å². The maximum absolute atomic E-state index is 13.3. The Balaban J connectivity index is 1.52. The van der Waals surface area contributed by atoms with Gasteiger partial charge in [-0.05, 0) is 16.7 Å². The lowest BCUT2D eigenvalue weighted by Crippen LogP contribution is -2.26. The molecular weight excluding hydrogens is 388 g/mol. The third-order valence-electron chi connectivity index (χ3n) is 4.95. The summed E-state index contributed by atoms with van der Waals surface area (Å²) in [4.78, 5) is 25.9. The molecule has 0 unspecified atom stereocenters. The van der Waals surface area contributed by atoms with Crippen molar-refractivity contribution in [2.24, 2.45) is 0 Å². The number of nitrogens with zero attached hydrogens (tertiary/aromatic N) is 1. The predicted octanol–water partition coefficient (Wildman–Crippen LogP) is 4.11. The molecule has 31 heavy (non-hydrogen) atoms. The van der Waals surface area contributed by atoms with Crippen molar-refractivity contribution in [1.82, 2.24) is 15.5 Å². The molecule has 0 spiro atoms. The minimum atomic E-state index is -0.516. The SMILES string of the molecule is O=C(NCc1ccccc1)c1[nH]ncc1NC(=O)C(c1ccccc1)c1ccccc1. The van der Waals surface area contributed by atoms with Gasteiger partial charge in [-0.3, -0.25) is 14.7 Å². The lowest BCUT2D eigenvalue weighted by atomic mass is 9.90. The van der Waals surface area contributed by atoms with E-state index in [9.17, 15) is 9.59 Å². The number of carbonyl (C=O) groups is 2. The van der Waals surface area contributed by atoms with Gasteiger partial charge < -0.3 is 10.6 Å². The molecule has 0 aliphatic carbocycles. The van der Waals surface area contributed by atoms with Gasteiger partial charge in [0.2, 0.25) is 5.91 Å². The summed E-state index contributed by atoms with van der Waals surface area (Å²) in [5.41, 5.74) is 3.26. The van der Waals surface area contributed by atoms with Crippen LogP contribution in [0.5, 0.6) is 0 Å². The number of aromatic amines is 1. The highest BCUT2D eigenvalue weighted by molar-refractivity contribution is 6.04. The highest BCUT2D eigenvalue weighted by Gasteiger charge is 2.25. The average molecular weight is 410 g/mol. The second kappa shape index (κ2) is 9.54. The number of nitrogens with one attached hydrogen (secondary N) is 3. The third kappa shape index (κ3) is 4.87. The summed E-state index contributed by atoms with van der Waals surface area (Å²) in [7, 11) is 0. The Kier molecular flexibility index (Phi) is 6.18. The summed E-state index contributed by atoms with van der Waals surface area (Å²) in [6, 6.07) is 28.7. The molecule has 2 amide bonds. The highest BCUT2D eigenvalue weighted by atomic mass is 16.2. The molecule has 0 bridgehead atoms. The minimum Gasteiger partial charge on any atom is -0.347 e. The fraction of sp³-hybridized carbons (Fsp3) is 0.0800. The van der Waals surface area contributed by atoms with E-state index in [0.717, 1.165) is 16.7 Å². The molecule has 0 radical (unpaired) electrons. The molecule has 0 aliphatic rings. The summed E-state index contributed by atoms with van der Waals surface area (Å²) < 4.78 is 0. The Morgan fingerprint density at radius 1 is 0.806 bits per heavy atom. The van der Waals surface area contributed by atoms with Crippen LogP contribution in [0.15, 0.2) is 97.2 Å². The number of rotatable bonds is 7. The molecule has 3 N–H and O–H groups in total. The smallest absolute Gasteiger partial charge is 0.271 e. The van der Waals surface area contributed by atoms with Gasteiger partial charge in [0, 0.05) is 6.54 Å². The van der Waals surface area contributed by atoms with Crippen LogP contribution in [-0.4, -0.2) is 22.0 Å². The van der Waals surface area contributed by atoms with Crippen LogP contribution in [0.2, 0.25) is 0 Å². The van der Waals surface area contributed by atoms with E-state index in [-0.39, 0.29) is 17.5 Å². The first kappa shape index (κ1) is 20.1. The Bertz CT molecular complexity index is 1100. The number of carbonyl (C=O) groups excluding carboxylic acids is 2. The molecule has 1 heterocycles. The highest BCUT2D eigenvalue weighted by Crippen LogP contribution is 2.26. The van der Waals surface area contributed by atoms with E-state index >= 15 is 0 Å². The van der Waals surface area contributed by atoms with E-state index in [0.29, 0.717) is 12.2 Å². The molecule has 4 rings (SSSR count). The summed E-state index contributed by atoms with van der Waals surface area (Å²) in [6.45, 7) is 0.378. The fourth-order valence-corrected chi connectivity index (χ4v) is 3.41. The van der Waals surface area contributed by atoms with Gasteiger partial charge in [0.25, 0.3) is 5.91 Å². The Labute approximate surface area is 180 Å². The zero-order valence-electron chi connectivity index (χ0n) is 16.8. The zero-order valence-corrected chi connectivity index (χ0v) is 16.8. The number of aromatic nitrogens is 2. The second-order valence-electron chi connectivity index (χ2n) is 7.07. The van der Waals surface area contributed by atoms with Gasteiger partial charge >= 0.3 is 0 Å². The van der Waals surface area contributed by atoms with Gasteiger partial charge in [0.1, 0.15) is 5.69 Å². The number of hydrogen-bond acceptors (Lipinski definition) is 3. The third-order valence-corrected chi connectivity index (χ3v) is 4.95. The van der Waals surface area contributed by atoms with Gasteiger partial charge in [-0.1, -0.05) is 91.0 Å². The van der Waals surface area contributed by atoms with Crippen LogP contribution >= 0.6 is 0 Å². The normalized spacial score (nSPS) is 10.6. The summed E-state index contributed by atoms with van der Waals surface area (Å²) >= 11 is 0. The molecule has 0 aliphatic heterocycles. The molecule has 3 aromatic carbocycles. The van der Waals surface area contributed by atoms with Crippen LogP contribution in [0.3, 0.4) is 0 Å². The van der Waals surface area contributed by atoms with Crippen LogP contribution in [0.1, 0.15) is 33.1 Å². The molecule has 6 nitrogen and oxygen atoms in total. The topological polar surface area (TPSA) is 86.9 Å². The van der Waals surface area contributed by atoms with Gasteiger partial charge in [0.15, 0.2) is 0 Å². The van der Waals surface area contributed by atoms with Gasteiger partial charge in [-0.25, -0.2) is 0 Å². The molecule has 1 aromatic heterocycles. The maximum atomic E-state index is 13.3. The maximum Gasteiger partial charge on any atom is 0.271 e. The first-order chi connectivity index (χ1) is 15.2. The van der Waals surface area contributed by atoms with E-state index in [1.54, 1.807) is 0 Å². The van der Waals surface area contributed by atoms with E-state index in [2.05, 4.69) is 20.8 Å². The van der Waals surface area contributed by atoms with Crippen molar-refractivity contribution in [3.8, 4) is 0 Å². The van der Waals surface area contributed by atoms with Crippen molar-refractivity contribution in [1.29, 1.82) is 0 Å². The number of H-pyrrole nitrogens is 1. The molecule has 0 saturated heterocycles. The predicted molar refractivity (Wildman–Crippen MR) is 120 cm³/mol. The Morgan fingerprint density at radius 2 is 1.35 bits per heavy atom.